The van der Waals surface area contributed by atoms with E-state index in [2.05, 4.69) is 11.1 Å². The van der Waals surface area contributed by atoms with Gasteiger partial charge in [-0.3, -0.25) is 4.79 Å². The van der Waals surface area contributed by atoms with Gasteiger partial charge in [0.2, 0.25) is 0 Å². The van der Waals surface area contributed by atoms with Crippen molar-refractivity contribution in [3.8, 4) is 0 Å². The van der Waals surface area contributed by atoms with E-state index in [9.17, 15) is 14.7 Å². The molecule has 0 aliphatic carbocycles. The van der Waals surface area contributed by atoms with Crippen LogP contribution in [0.1, 0.15) is 21.6 Å². The molecule has 0 spiro atoms. The first-order valence-electron chi connectivity index (χ1n) is 7.19. The van der Waals surface area contributed by atoms with Crippen molar-refractivity contribution >= 4 is 22.8 Å². The van der Waals surface area contributed by atoms with Gasteiger partial charge in [-0.05, 0) is 37.1 Å². The topological polar surface area (TPSA) is 82.6 Å². The maximum absolute atomic E-state index is 12.7. The zero-order chi connectivity index (χ0) is 15.9. The average molecular weight is 302 g/mol. The van der Waals surface area contributed by atoms with Crippen LogP contribution in [0.25, 0.3) is 10.9 Å². The minimum atomic E-state index is -1.05. The van der Waals surface area contributed by atoms with Gasteiger partial charge in [0.15, 0.2) is 6.04 Å². The largest absolute Gasteiger partial charge is 0.480 e. The highest BCUT2D eigenvalue weighted by Crippen LogP contribution is 2.23. The molecule has 1 aromatic carbocycles. The molecule has 0 unspecified atom stereocenters. The highest BCUT2D eigenvalue weighted by atomic mass is 16.5. The molecule has 3 rings (SSSR count). The number of aryl methyl sites for hydroxylation is 2. The maximum atomic E-state index is 12.7. The van der Waals surface area contributed by atoms with E-state index in [4.69, 9.17) is 4.74 Å². The van der Waals surface area contributed by atoms with Crippen LogP contribution in [0, 0.1) is 13.8 Å². The van der Waals surface area contributed by atoms with Crippen molar-refractivity contribution < 1.29 is 19.4 Å². The maximum Gasteiger partial charge on any atom is 0.328 e. The Balaban J connectivity index is 1.97. The van der Waals surface area contributed by atoms with Crippen molar-refractivity contribution in [1.82, 2.24) is 9.88 Å². The molecule has 6 nitrogen and oxygen atoms in total. The number of benzene rings is 1. The van der Waals surface area contributed by atoms with Gasteiger partial charge in [0.05, 0.1) is 13.2 Å². The number of amides is 1. The minimum absolute atomic E-state index is 0.0272. The number of carbonyl (C=O) groups is 2. The lowest BCUT2D eigenvalue weighted by atomic mass is 10.1. The second-order valence-electron chi connectivity index (χ2n) is 5.65. The zero-order valence-electron chi connectivity index (χ0n) is 12.5. The number of hydrogen-bond acceptors (Lipinski definition) is 3. The van der Waals surface area contributed by atoms with Crippen LogP contribution in [0.4, 0.5) is 0 Å². The van der Waals surface area contributed by atoms with Crippen LogP contribution in [0.3, 0.4) is 0 Å². The second-order valence-corrected chi connectivity index (χ2v) is 5.65. The van der Waals surface area contributed by atoms with Crippen LogP contribution in [-0.4, -0.2) is 52.7 Å². The Hall–Kier alpha value is -2.34. The van der Waals surface area contributed by atoms with Crippen molar-refractivity contribution in [2.24, 2.45) is 0 Å². The van der Waals surface area contributed by atoms with E-state index >= 15 is 0 Å². The molecular weight excluding hydrogens is 284 g/mol. The third-order valence-corrected chi connectivity index (χ3v) is 3.99. The number of carboxylic acid groups (broad SMARTS) is 1. The van der Waals surface area contributed by atoms with E-state index in [0.29, 0.717) is 12.3 Å². The number of ether oxygens (including phenoxy) is 1. The van der Waals surface area contributed by atoms with Gasteiger partial charge in [-0.25, -0.2) is 4.79 Å². The number of nitrogens with zero attached hydrogens (tertiary/aromatic N) is 1. The Kier molecular flexibility index (Phi) is 3.62. The Morgan fingerprint density at radius 3 is 2.82 bits per heavy atom. The number of aromatic amines is 1. The Morgan fingerprint density at radius 2 is 2.09 bits per heavy atom. The predicted octanol–water partition coefficient (Wildman–Crippen LogP) is 1.71. The molecule has 2 heterocycles. The molecule has 116 valence electrons. The van der Waals surface area contributed by atoms with Gasteiger partial charge < -0.3 is 19.7 Å². The Labute approximate surface area is 127 Å². The van der Waals surface area contributed by atoms with Gasteiger partial charge in [0, 0.05) is 17.4 Å². The number of morpholine rings is 1. The standard InChI is InChI=1S/C16H18N2O4/c1-9-5-10(2)11-7-13(17-12(11)6-9)15(19)18-3-4-22-8-14(18)16(20)21/h5-7,14,17H,3-4,8H2,1-2H3,(H,20,21)/t14-/m0/s1. The van der Waals surface area contributed by atoms with Crippen molar-refractivity contribution in [2.45, 2.75) is 19.9 Å². The first-order chi connectivity index (χ1) is 10.5. The number of aliphatic carboxylic acids is 1. The molecule has 6 heteroatoms. The zero-order valence-corrected chi connectivity index (χ0v) is 12.5. The molecule has 0 radical (unpaired) electrons. The first kappa shape index (κ1) is 14.6. The normalized spacial score (nSPS) is 18.6. The number of rotatable bonds is 2. The van der Waals surface area contributed by atoms with Crippen LogP contribution < -0.4 is 0 Å². The SMILES string of the molecule is Cc1cc(C)c2cc(C(=O)N3CCOC[C@H]3C(=O)O)[nH]c2c1. The molecule has 22 heavy (non-hydrogen) atoms. The van der Waals surface area contributed by atoms with Gasteiger partial charge in [-0.1, -0.05) is 6.07 Å². The number of H-pyrrole nitrogens is 1. The molecule has 1 aliphatic heterocycles. The summed E-state index contributed by atoms with van der Waals surface area (Å²) in [6, 6.07) is 4.89. The van der Waals surface area contributed by atoms with Crippen LogP contribution in [0.15, 0.2) is 18.2 Å². The summed E-state index contributed by atoms with van der Waals surface area (Å²) < 4.78 is 5.17. The Morgan fingerprint density at radius 1 is 1.32 bits per heavy atom. The molecule has 0 saturated carbocycles. The highest BCUT2D eigenvalue weighted by molar-refractivity contribution is 6.00. The quantitative estimate of drug-likeness (QED) is 0.884. The fourth-order valence-electron chi connectivity index (χ4n) is 2.92. The number of carboxylic acids is 1. The van der Waals surface area contributed by atoms with E-state index in [0.717, 1.165) is 22.0 Å². The summed E-state index contributed by atoms with van der Waals surface area (Å²) >= 11 is 0. The van der Waals surface area contributed by atoms with Crippen LogP contribution in [0.2, 0.25) is 0 Å². The van der Waals surface area contributed by atoms with Crippen LogP contribution in [0.5, 0.6) is 0 Å². The fraction of sp³-hybridized carbons (Fsp3) is 0.375. The fourth-order valence-corrected chi connectivity index (χ4v) is 2.92. The van der Waals surface area contributed by atoms with E-state index in [1.54, 1.807) is 6.07 Å². The molecule has 1 aliphatic rings. The monoisotopic (exact) mass is 302 g/mol. The molecule has 1 saturated heterocycles. The van der Waals surface area contributed by atoms with Gasteiger partial charge in [-0.15, -0.1) is 0 Å². The summed E-state index contributed by atoms with van der Waals surface area (Å²) in [7, 11) is 0. The summed E-state index contributed by atoms with van der Waals surface area (Å²) in [6.45, 7) is 4.65. The highest BCUT2D eigenvalue weighted by Gasteiger charge is 2.33. The van der Waals surface area contributed by atoms with E-state index < -0.39 is 12.0 Å². The smallest absolute Gasteiger partial charge is 0.328 e. The molecule has 1 aromatic heterocycles. The van der Waals surface area contributed by atoms with Crippen molar-refractivity contribution in [2.75, 3.05) is 19.8 Å². The molecule has 2 aromatic rings. The van der Waals surface area contributed by atoms with Crippen molar-refractivity contribution in [3.05, 3.63) is 35.0 Å². The predicted molar refractivity (Wildman–Crippen MR) is 81.1 cm³/mol. The van der Waals surface area contributed by atoms with Crippen LogP contribution in [-0.2, 0) is 9.53 Å². The third-order valence-electron chi connectivity index (χ3n) is 3.99. The molecule has 1 atom stereocenters. The number of fused-ring (bicyclic) bond motifs is 1. The third kappa shape index (κ3) is 2.46. The van der Waals surface area contributed by atoms with Crippen molar-refractivity contribution in [1.29, 1.82) is 0 Å². The van der Waals surface area contributed by atoms with Crippen molar-refractivity contribution in [3.63, 3.8) is 0 Å². The number of carbonyl (C=O) groups excluding carboxylic acids is 1. The lowest BCUT2D eigenvalue weighted by Crippen LogP contribution is -2.52. The summed E-state index contributed by atoms with van der Waals surface area (Å²) in [4.78, 5) is 28.4. The van der Waals surface area contributed by atoms with Gasteiger partial charge in [-0.2, -0.15) is 0 Å². The number of aromatic nitrogens is 1. The lowest BCUT2D eigenvalue weighted by Gasteiger charge is -2.32. The molecule has 0 bridgehead atoms. The number of nitrogens with one attached hydrogen (secondary N) is 1. The van der Waals surface area contributed by atoms with Crippen LogP contribution >= 0.6 is 0 Å². The molecular formula is C16H18N2O4. The molecule has 2 N–H and O–H groups in total. The average Bonchev–Trinajstić information content (AvgIpc) is 2.90. The lowest BCUT2D eigenvalue weighted by molar-refractivity contribution is -0.147. The van der Waals surface area contributed by atoms with Gasteiger partial charge in [0.25, 0.3) is 5.91 Å². The molecule has 1 fully saturated rings. The van der Waals surface area contributed by atoms with E-state index in [-0.39, 0.29) is 19.1 Å². The minimum Gasteiger partial charge on any atom is -0.480 e. The van der Waals surface area contributed by atoms with E-state index in [1.165, 1.54) is 4.90 Å². The van der Waals surface area contributed by atoms with Gasteiger partial charge >= 0.3 is 5.97 Å². The Bertz CT molecular complexity index is 750. The summed E-state index contributed by atoms with van der Waals surface area (Å²) in [5, 5.41) is 10.2. The molecule has 1 amide bonds. The second kappa shape index (κ2) is 5.46. The number of hydrogen-bond donors (Lipinski definition) is 2. The first-order valence-corrected chi connectivity index (χ1v) is 7.19. The summed E-state index contributed by atoms with van der Waals surface area (Å²) in [5.41, 5.74) is 3.50. The summed E-state index contributed by atoms with van der Waals surface area (Å²) in [5.74, 6) is -1.35. The summed E-state index contributed by atoms with van der Waals surface area (Å²) in [6.07, 6.45) is 0. The van der Waals surface area contributed by atoms with E-state index in [1.807, 2.05) is 19.9 Å². The van der Waals surface area contributed by atoms with Gasteiger partial charge in [0.1, 0.15) is 5.69 Å².